The first-order valence-corrected chi connectivity index (χ1v) is 7.70. The van der Waals surface area contributed by atoms with E-state index in [-0.39, 0.29) is 5.78 Å². The molecule has 0 spiro atoms. The number of ketones is 1. The molecule has 0 atom stereocenters. The zero-order valence-corrected chi connectivity index (χ0v) is 14.4. The van der Waals surface area contributed by atoms with Gasteiger partial charge >= 0.3 is 0 Å². The Kier molecular flexibility index (Phi) is 5.55. The minimum absolute atomic E-state index is 0.0225. The third-order valence-electron chi connectivity index (χ3n) is 3.36. The molecule has 0 radical (unpaired) electrons. The second-order valence-electron chi connectivity index (χ2n) is 4.94. The largest absolute Gasteiger partial charge is 0.497 e. The van der Waals surface area contributed by atoms with E-state index in [0.29, 0.717) is 5.69 Å². The Bertz CT molecular complexity index is 663. The Hall–Kier alpha value is -1.88. The van der Waals surface area contributed by atoms with Crippen molar-refractivity contribution in [2.24, 2.45) is 0 Å². The second-order valence-corrected chi connectivity index (χ2v) is 5.85. The molecular weight excluding hydrogens is 346 g/mol. The third kappa shape index (κ3) is 4.07. The zero-order chi connectivity index (χ0) is 16.1. The SMILES string of the molecule is COc1cc(CCc2cc(Br)cnc2C(C)=O)cc(OC)c1. The number of aromatic nitrogens is 1. The number of pyridine rings is 1. The van der Waals surface area contributed by atoms with Crippen LogP contribution in [0.2, 0.25) is 0 Å². The molecule has 1 aromatic heterocycles. The first-order valence-electron chi connectivity index (χ1n) is 6.90. The highest BCUT2D eigenvalue weighted by molar-refractivity contribution is 9.10. The molecule has 116 valence electrons. The van der Waals surface area contributed by atoms with Gasteiger partial charge in [0.15, 0.2) is 5.78 Å². The third-order valence-corrected chi connectivity index (χ3v) is 3.79. The maximum absolute atomic E-state index is 11.7. The maximum atomic E-state index is 11.7. The highest BCUT2D eigenvalue weighted by Crippen LogP contribution is 2.24. The quantitative estimate of drug-likeness (QED) is 0.731. The lowest BCUT2D eigenvalue weighted by atomic mass is 10.0. The smallest absolute Gasteiger partial charge is 0.178 e. The number of halogens is 1. The van der Waals surface area contributed by atoms with Crippen molar-refractivity contribution in [3.8, 4) is 11.5 Å². The summed E-state index contributed by atoms with van der Waals surface area (Å²) in [5, 5.41) is 0. The minimum atomic E-state index is -0.0225. The molecule has 0 saturated carbocycles. The minimum Gasteiger partial charge on any atom is -0.497 e. The van der Waals surface area contributed by atoms with E-state index in [1.807, 2.05) is 24.3 Å². The van der Waals surface area contributed by atoms with E-state index >= 15 is 0 Å². The molecule has 1 heterocycles. The monoisotopic (exact) mass is 363 g/mol. The summed E-state index contributed by atoms with van der Waals surface area (Å²) in [4.78, 5) is 15.9. The van der Waals surface area contributed by atoms with E-state index in [9.17, 15) is 4.79 Å². The average Bonchev–Trinajstić information content (AvgIpc) is 2.52. The van der Waals surface area contributed by atoms with Crippen LogP contribution < -0.4 is 9.47 Å². The lowest BCUT2D eigenvalue weighted by Crippen LogP contribution is -2.05. The molecule has 1 aromatic carbocycles. The Balaban J connectivity index is 2.23. The first kappa shape index (κ1) is 16.5. The number of Topliss-reactive ketones (excluding diaryl/α,β-unsaturated/α-hetero) is 1. The number of carbonyl (C=O) groups is 1. The summed E-state index contributed by atoms with van der Waals surface area (Å²) in [7, 11) is 3.26. The van der Waals surface area contributed by atoms with E-state index in [1.54, 1.807) is 20.4 Å². The lowest BCUT2D eigenvalue weighted by molar-refractivity contribution is 0.101. The van der Waals surface area contributed by atoms with E-state index < -0.39 is 0 Å². The molecule has 0 fully saturated rings. The summed E-state index contributed by atoms with van der Waals surface area (Å²) < 4.78 is 11.4. The van der Waals surface area contributed by atoms with Gasteiger partial charge in [0.05, 0.1) is 14.2 Å². The number of methoxy groups -OCH3 is 2. The molecule has 4 nitrogen and oxygen atoms in total. The van der Waals surface area contributed by atoms with Gasteiger partial charge in [-0.2, -0.15) is 0 Å². The predicted molar refractivity (Wildman–Crippen MR) is 88.9 cm³/mol. The van der Waals surface area contributed by atoms with Gasteiger partial charge in [0.25, 0.3) is 0 Å². The fourth-order valence-corrected chi connectivity index (χ4v) is 2.66. The molecule has 22 heavy (non-hydrogen) atoms. The highest BCUT2D eigenvalue weighted by atomic mass is 79.9. The molecule has 5 heteroatoms. The van der Waals surface area contributed by atoms with Gasteiger partial charge in [0.2, 0.25) is 0 Å². The second kappa shape index (κ2) is 7.40. The molecule has 2 rings (SSSR count). The summed E-state index contributed by atoms with van der Waals surface area (Å²) in [6, 6.07) is 7.73. The van der Waals surface area contributed by atoms with Crippen molar-refractivity contribution in [1.29, 1.82) is 0 Å². The van der Waals surface area contributed by atoms with Crippen LogP contribution >= 0.6 is 15.9 Å². The number of aryl methyl sites for hydroxylation is 2. The number of rotatable bonds is 6. The van der Waals surface area contributed by atoms with Crippen LogP contribution in [0.5, 0.6) is 11.5 Å². The molecule has 2 aromatic rings. The Morgan fingerprint density at radius 2 is 1.73 bits per heavy atom. The van der Waals surface area contributed by atoms with Crippen LogP contribution in [0.15, 0.2) is 34.9 Å². The Labute approximate surface area is 138 Å². The van der Waals surface area contributed by atoms with Crippen molar-refractivity contribution in [3.05, 3.63) is 51.8 Å². The number of benzene rings is 1. The van der Waals surface area contributed by atoms with Gasteiger partial charge in [0.1, 0.15) is 17.2 Å². The van der Waals surface area contributed by atoms with Gasteiger partial charge in [0, 0.05) is 23.7 Å². The molecular formula is C17H18BrNO3. The zero-order valence-electron chi connectivity index (χ0n) is 12.9. The van der Waals surface area contributed by atoms with Gasteiger partial charge in [-0.3, -0.25) is 9.78 Å². The topological polar surface area (TPSA) is 48.4 Å². The Morgan fingerprint density at radius 1 is 1.09 bits per heavy atom. The molecule has 0 aliphatic heterocycles. The summed E-state index contributed by atoms with van der Waals surface area (Å²) in [6.45, 7) is 1.54. The molecule has 0 saturated heterocycles. The van der Waals surface area contributed by atoms with Crippen LogP contribution in [0.4, 0.5) is 0 Å². The van der Waals surface area contributed by atoms with Gasteiger partial charge in [-0.15, -0.1) is 0 Å². The fourth-order valence-electron chi connectivity index (χ4n) is 2.28. The van der Waals surface area contributed by atoms with Gasteiger partial charge in [-0.25, -0.2) is 0 Å². The van der Waals surface area contributed by atoms with Crippen molar-refractivity contribution in [2.45, 2.75) is 19.8 Å². The normalized spacial score (nSPS) is 10.4. The van der Waals surface area contributed by atoms with Gasteiger partial charge in [-0.05, 0) is 58.1 Å². The summed E-state index contributed by atoms with van der Waals surface area (Å²) in [5.74, 6) is 1.49. The fraction of sp³-hybridized carbons (Fsp3) is 0.294. The number of hydrogen-bond acceptors (Lipinski definition) is 4. The molecule has 0 aliphatic carbocycles. The van der Waals surface area contributed by atoms with Crippen molar-refractivity contribution < 1.29 is 14.3 Å². The van der Waals surface area contributed by atoms with Crippen LogP contribution in [0, 0.1) is 0 Å². The van der Waals surface area contributed by atoms with E-state index in [4.69, 9.17) is 9.47 Å². The molecule has 0 bridgehead atoms. The molecule has 0 N–H and O–H groups in total. The Morgan fingerprint density at radius 3 is 2.27 bits per heavy atom. The van der Waals surface area contributed by atoms with Gasteiger partial charge < -0.3 is 9.47 Å². The van der Waals surface area contributed by atoms with Crippen LogP contribution in [0.1, 0.15) is 28.5 Å². The predicted octanol–water partition coefficient (Wildman–Crippen LogP) is 3.85. The van der Waals surface area contributed by atoms with Crippen molar-refractivity contribution in [1.82, 2.24) is 4.98 Å². The summed E-state index contributed by atoms with van der Waals surface area (Å²) in [6.07, 6.45) is 3.14. The molecule has 0 amide bonds. The van der Waals surface area contributed by atoms with Crippen LogP contribution in [-0.2, 0) is 12.8 Å². The summed E-state index contributed by atoms with van der Waals surface area (Å²) in [5.41, 5.74) is 2.55. The van der Waals surface area contributed by atoms with E-state index in [0.717, 1.165) is 39.9 Å². The first-order chi connectivity index (χ1) is 10.5. The van der Waals surface area contributed by atoms with Crippen LogP contribution in [0.3, 0.4) is 0 Å². The number of ether oxygens (including phenoxy) is 2. The molecule has 0 aliphatic rings. The van der Waals surface area contributed by atoms with Crippen LogP contribution in [0.25, 0.3) is 0 Å². The van der Waals surface area contributed by atoms with Crippen molar-refractivity contribution in [2.75, 3.05) is 14.2 Å². The highest BCUT2D eigenvalue weighted by Gasteiger charge is 2.10. The number of carbonyl (C=O) groups excluding carboxylic acids is 1. The van der Waals surface area contributed by atoms with E-state index in [2.05, 4.69) is 20.9 Å². The number of hydrogen-bond donors (Lipinski definition) is 0. The van der Waals surface area contributed by atoms with Crippen LogP contribution in [-0.4, -0.2) is 25.0 Å². The summed E-state index contributed by atoms with van der Waals surface area (Å²) >= 11 is 3.40. The van der Waals surface area contributed by atoms with Crippen molar-refractivity contribution >= 4 is 21.7 Å². The maximum Gasteiger partial charge on any atom is 0.178 e. The van der Waals surface area contributed by atoms with Crippen molar-refractivity contribution in [3.63, 3.8) is 0 Å². The van der Waals surface area contributed by atoms with Gasteiger partial charge in [-0.1, -0.05) is 0 Å². The van der Waals surface area contributed by atoms with E-state index in [1.165, 1.54) is 6.92 Å². The standard InChI is InChI=1S/C17H18BrNO3/c1-11(20)17-13(8-14(18)10-19-17)5-4-12-6-15(21-2)9-16(7-12)22-3/h6-10H,4-5H2,1-3H3. The number of nitrogens with zero attached hydrogens (tertiary/aromatic N) is 1. The lowest BCUT2D eigenvalue weighted by Gasteiger charge is -2.10. The molecule has 0 unspecified atom stereocenters. The average molecular weight is 364 g/mol.